The highest BCUT2D eigenvalue weighted by Gasteiger charge is 2.32. The van der Waals surface area contributed by atoms with Crippen LogP contribution >= 0.6 is 0 Å². The third-order valence-electron chi connectivity index (χ3n) is 3.77. The van der Waals surface area contributed by atoms with Gasteiger partial charge in [-0.15, -0.1) is 0 Å². The number of hydrogen-bond donors (Lipinski definition) is 1. The molecule has 2 heteroatoms. The molecule has 0 saturated carbocycles. The topological polar surface area (TPSA) is 23.2 Å². The molecule has 0 spiro atoms. The van der Waals surface area contributed by atoms with E-state index in [2.05, 4.69) is 52.5 Å². The number of hydrogen-bond acceptors (Lipinski definition) is 1. The molecular formula is C18H30NO+. The molecule has 0 saturated heterocycles. The molecule has 1 N–H and O–H groups in total. The number of nitrogens with zero attached hydrogens (tertiary/aromatic N) is 1. The molecule has 0 aliphatic rings. The van der Waals surface area contributed by atoms with Crippen LogP contribution in [-0.2, 0) is 0 Å². The summed E-state index contributed by atoms with van der Waals surface area (Å²) in [4.78, 5) is 0. The highest BCUT2D eigenvalue weighted by atomic mass is 16.3. The minimum atomic E-state index is 0.0952. The summed E-state index contributed by atoms with van der Waals surface area (Å²) in [7, 11) is 2.13. The first-order valence-electron chi connectivity index (χ1n) is 7.30. The molecule has 1 aromatic carbocycles. The van der Waals surface area contributed by atoms with Gasteiger partial charge in [-0.2, -0.15) is 0 Å². The molecule has 1 aromatic rings. The largest absolute Gasteiger partial charge is 0.507 e. The van der Waals surface area contributed by atoms with Gasteiger partial charge >= 0.3 is 0 Å². The molecule has 0 heterocycles. The van der Waals surface area contributed by atoms with E-state index in [9.17, 15) is 5.11 Å². The normalized spacial score (nSPS) is 13.7. The van der Waals surface area contributed by atoms with Gasteiger partial charge in [-0.3, -0.25) is 0 Å². The lowest BCUT2D eigenvalue weighted by Gasteiger charge is -2.28. The Morgan fingerprint density at radius 1 is 1.05 bits per heavy atom. The first kappa shape index (κ1) is 16.7. The van der Waals surface area contributed by atoms with E-state index in [1.54, 1.807) is 0 Å². The van der Waals surface area contributed by atoms with E-state index in [0.717, 1.165) is 23.1 Å². The van der Waals surface area contributed by atoms with Crippen molar-refractivity contribution in [2.75, 3.05) is 7.05 Å². The van der Waals surface area contributed by atoms with E-state index in [1.807, 2.05) is 26.0 Å². The van der Waals surface area contributed by atoms with Gasteiger partial charge in [-0.25, -0.2) is 4.58 Å². The highest BCUT2D eigenvalue weighted by molar-refractivity contribution is 5.77. The average Bonchev–Trinajstić information content (AvgIpc) is 2.22. The van der Waals surface area contributed by atoms with Crippen molar-refractivity contribution in [1.29, 1.82) is 0 Å². The van der Waals surface area contributed by atoms with Crippen molar-refractivity contribution in [1.82, 2.24) is 0 Å². The summed E-state index contributed by atoms with van der Waals surface area (Å²) in [6.07, 6.45) is 3.29. The van der Waals surface area contributed by atoms with Crippen LogP contribution in [0.2, 0.25) is 0 Å². The van der Waals surface area contributed by atoms with Crippen molar-refractivity contribution >= 4 is 6.21 Å². The summed E-state index contributed by atoms with van der Waals surface area (Å²) in [5.74, 6) is 0.402. The Bertz CT molecular complexity index is 496. The molecule has 0 aromatic heterocycles. The lowest BCUT2D eigenvalue weighted by atomic mass is 9.81. The Morgan fingerprint density at radius 3 is 1.90 bits per heavy atom. The zero-order valence-electron chi connectivity index (χ0n) is 14.3. The Labute approximate surface area is 124 Å². The van der Waals surface area contributed by atoms with Crippen LogP contribution in [0.25, 0.3) is 0 Å². The van der Waals surface area contributed by atoms with E-state index < -0.39 is 0 Å². The fourth-order valence-corrected chi connectivity index (χ4v) is 2.88. The number of benzene rings is 1. The first-order chi connectivity index (χ1) is 8.92. The average molecular weight is 276 g/mol. The third-order valence-corrected chi connectivity index (χ3v) is 3.77. The van der Waals surface area contributed by atoms with Crippen LogP contribution < -0.4 is 0 Å². The Kier molecular flexibility index (Phi) is 4.68. The maximum absolute atomic E-state index is 9.85. The van der Waals surface area contributed by atoms with E-state index in [0.29, 0.717) is 11.2 Å². The molecule has 0 bridgehead atoms. The van der Waals surface area contributed by atoms with Crippen molar-refractivity contribution in [2.45, 2.75) is 60.4 Å². The molecule has 20 heavy (non-hydrogen) atoms. The molecule has 0 unspecified atom stereocenters. The monoisotopic (exact) mass is 276 g/mol. The molecule has 112 valence electrons. The minimum Gasteiger partial charge on any atom is -0.507 e. The van der Waals surface area contributed by atoms with Crippen LogP contribution in [0.4, 0.5) is 0 Å². The molecule has 0 atom stereocenters. The Morgan fingerprint density at radius 2 is 1.50 bits per heavy atom. The molecule has 0 radical (unpaired) electrons. The van der Waals surface area contributed by atoms with Crippen molar-refractivity contribution in [3.63, 3.8) is 0 Å². The number of phenols is 1. The lowest BCUT2D eigenvalue weighted by molar-refractivity contribution is -0.574. The first-order valence-corrected chi connectivity index (χ1v) is 7.30. The number of phenolic OH excluding ortho intramolecular Hbond substituents is 1. The number of rotatable bonds is 3. The van der Waals surface area contributed by atoms with Crippen molar-refractivity contribution in [3.8, 4) is 5.75 Å². The maximum atomic E-state index is 9.85. The van der Waals surface area contributed by atoms with Gasteiger partial charge in [0.2, 0.25) is 0 Å². The van der Waals surface area contributed by atoms with Crippen molar-refractivity contribution in [2.24, 2.45) is 5.41 Å². The summed E-state index contributed by atoms with van der Waals surface area (Å²) in [6, 6.07) is 4.07. The van der Waals surface area contributed by atoms with Gasteiger partial charge < -0.3 is 5.11 Å². The second kappa shape index (κ2) is 5.59. The SMILES string of the molecule is Cc1cc(/C=[N+](\C)C(C)(C)CC(C)(C)C)cc(C)c1O. The quantitative estimate of drug-likeness (QED) is 0.646. The molecule has 0 aliphatic heterocycles. The minimum absolute atomic E-state index is 0.0952. The van der Waals surface area contributed by atoms with Crippen LogP contribution in [0.1, 0.15) is 57.7 Å². The predicted molar refractivity (Wildman–Crippen MR) is 87.1 cm³/mol. The van der Waals surface area contributed by atoms with E-state index in [1.165, 1.54) is 0 Å². The van der Waals surface area contributed by atoms with E-state index in [4.69, 9.17) is 0 Å². The van der Waals surface area contributed by atoms with Crippen molar-refractivity contribution < 1.29 is 9.68 Å². The van der Waals surface area contributed by atoms with E-state index in [-0.39, 0.29) is 5.54 Å². The van der Waals surface area contributed by atoms with Crippen LogP contribution in [0, 0.1) is 19.3 Å². The number of aromatic hydroxyl groups is 1. The zero-order chi connectivity index (χ0) is 15.7. The molecule has 2 nitrogen and oxygen atoms in total. The molecular weight excluding hydrogens is 246 g/mol. The van der Waals surface area contributed by atoms with Gasteiger partial charge in [0.05, 0.1) is 0 Å². The zero-order valence-corrected chi connectivity index (χ0v) is 14.3. The fraction of sp³-hybridized carbons (Fsp3) is 0.611. The van der Waals surface area contributed by atoms with Gasteiger partial charge in [0, 0.05) is 12.0 Å². The summed E-state index contributed by atoms with van der Waals surface area (Å²) in [5, 5.41) is 9.85. The molecule has 1 rings (SSSR count). The van der Waals surface area contributed by atoms with Crippen LogP contribution in [0.3, 0.4) is 0 Å². The maximum Gasteiger partial charge on any atom is 0.170 e. The van der Waals surface area contributed by atoms with Gasteiger partial charge in [0.25, 0.3) is 0 Å². The Balaban J connectivity index is 3.10. The van der Waals surface area contributed by atoms with Crippen LogP contribution in [0.15, 0.2) is 12.1 Å². The molecule has 0 aliphatic carbocycles. The summed E-state index contributed by atoms with van der Waals surface area (Å²) < 4.78 is 2.28. The lowest BCUT2D eigenvalue weighted by Crippen LogP contribution is -2.38. The predicted octanol–water partition coefficient (Wildman–Crippen LogP) is 4.29. The second-order valence-corrected chi connectivity index (χ2v) is 7.79. The standard InChI is InChI=1S/C18H29NO/c1-13-9-15(10-14(2)16(13)20)11-19(8)18(6,7)12-17(3,4)5/h9-11H,12H2,1-8H3/p+1. The van der Waals surface area contributed by atoms with Gasteiger partial charge in [-0.1, -0.05) is 20.8 Å². The van der Waals surface area contributed by atoms with Gasteiger partial charge in [0.15, 0.2) is 11.8 Å². The highest BCUT2D eigenvalue weighted by Crippen LogP contribution is 2.29. The molecule has 0 fully saturated rings. The second-order valence-electron chi connectivity index (χ2n) is 7.79. The summed E-state index contributed by atoms with van der Waals surface area (Å²) in [6.45, 7) is 15.3. The fourth-order valence-electron chi connectivity index (χ4n) is 2.88. The third kappa shape index (κ3) is 4.36. The summed E-state index contributed by atoms with van der Waals surface area (Å²) in [5.41, 5.74) is 3.39. The van der Waals surface area contributed by atoms with E-state index >= 15 is 0 Å². The van der Waals surface area contributed by atoms with Crippen LogP contribution in [0.5, 0.6) is 5.75 Å². The van der Waals surface area contributed by atoms with Gasteiger partial charge in [-0.05, 0) is 56.4 Å². The molecule has 0 amide bonds. The summed E-state index contributed by atoms with van der Waals surface area (Å²) >= 11 is 0. The Hall–Kier alpha value is -1.31. The van der Waals surface area contributed by atoms with Crippen molar-refractivity contribution in [3.05, 3.63) is 28.8 Å². The van der Waals surface area contributed by atoms with Crippen LogP contribution in [-0.4, -0.2) is 28.5 Å². The smallest absolute Gasteiger partial charge is 0.170 e. The number of aryl methyl sites for hydroxylation is 2. The van der Waals surface area contributed by atoms with Gasteiger partial charge in [0.1, 0.15) is 12.8 Å².